The summed E-state index contributed by atoms with van der Waals surface area (Å²) in [7, 11) is 1.41. The van der Waals surface area contributed by atoms with Gasteiger partial charge in [0.05, 0.1) is 6.54 Å². The van der Waals surface area contributed by atoms with Crippen LogP contribution in [-0.4, -0.2) is 57.7 Å². The van der Waals surface area contributed by atoms with Gasteiger partial charge in [0, 0.05) is 18.9 Å². The Labute approximate surface area is 120 Å². The smallest absolute Gasteiger partial charge is 0.273 e. The normalized spacial score (nSPS) is 29.9. The zero-order valence-corrected chi connectivity index (χ0v) is 12.3. The summed E-state index contributed by atoms with van der Waals surface area (Å²) in [5.74, 6) is 0. The van der Waals surface area contributed by atoms with Crippen molar-refractivity contribution in [2.24, 2.45) is 0 Å². The summed E-state index contributed by atoms with van der Waals surface area (Å²) < 4.78 is 12.2. The van der Waals surface area contributed by atoms with Crippen molar-refractivity contribution in [2.75, 3.05) is 13.4 Å². The third-order valence-corrected chi connectivity index (χ3v) is 3.97. The van der Waals surface area contributed by atoms with Gasteiger partial charge >= 0.3 is 0 Å². The minimum Gasteiger partial charge on any atom is -0.387 e. The highest BCUT2D eigenvalue weighted by atomic mass is 32.2. The van der Waals surface area contributed by atoms with Crippen molar-refractivity contribution < 1.29 is 19.7 Å². The summed E-state index contributed by atoms with van der Waals surface area (Å²) in [5.41, 5.74) is 0.422. The van der Waals surface area contributed by atoms with Gasteiger partial charge in [-0.25, -0.2) is 0 Å². The number of hydrogen-bond acceptors (Lipinski definition) is 7. The maximum atomic E-state index is 11.4. The summed E-state index contributed by atoms with van der Waals surface area (Å²) >= 11 is 1.34. The summed E-state index contributed by atoms with van der Waals surface area (Å²) in [5, 5.41) is 20.3. The topological polar surface area (TPSA) is 93.8 Å². The van der Waals surface area contributed by atoms with Crippen LogP contribution in [0, 0.1) is 6.92 Å². The molecule has 8 heteroatoms. The van der Waals surface area contributed by atoms with Crippen molar-refractivity contribution in [3.8, 4) is 0 Å². The van der Waals surface area contributed by atoms with Crippen molar-refractivity contribution in [1.29, 1.82) is 0 Å². The van der Waals surface area contributed by atoms with E-state index < -0.39 is 24.6 Å². The number of aromatic nitrogens is 2. The van der Waals surface area contributed by atoms with E-state index in [1.54, 1.807) is 11.5 Å². The van der Waals surface area contributed by atoms with Crippen molar-refractivity contribution in [1.82, 2.24) is 9.55 Å². The molecule has 0 radical (unpaired) electrons. The van der Waals surface area contributed by atoms with Gasteiger partial charge in [-0.3, -0.25) is 4.79 Å². The quantitative estimate of drug-likeness (QED) is 0.565. The molecule has 0 bridgehead atoms. The third-order valence-electron chi connectivity index (χ3n) is 3.29. The van der Waals surface area contributed by atoms with Crippen LogP contribution in [0.2, 0.25) is 0 Å². The van der Waals surface area contributed by atoms with Gasteiger partial charge in [0.2, 0.25) is 0 Å². The fourth-order valence-electron chi connectivity index (χ4n) is 2.21. The molecule has 0 amide bonds. The van der Waals surface area contributed by atoms with Crippen LogP contribution in [0.3, 0.4) is 0 Å². The Bertz CT molecular complexity index is 535. The highest BCUT2D eigenvalue weighted by molar-refractivity contribution is 7.98. The molecule has 20 heavy (non-hydrogen) atoms. The Morgan fingerprint density at radius 3 is 2.75 bits per heavy atom. The van der Waals surface area contributed by atoms with Crippen molar-refractivity contribution >= 4 is 11.8 Å². The largest absolute Gasteiger partial charge is 0.387 e. The van der Waals surface area contributed by atoms with Gasteiger partial charge in [-0.05, 0) is 13.2 Å². The molecule has 4 unspecified atom stereocenters. The fourth-order valence-corrected chi connectivity index (χ4v) is 2.83. The average Bonchev–Trinajstić information content (AvgIpc) is 2.69. The first-order chi connectivity index (χ1) is 9.47. The average molecular weight is 302 g/mol. The number of ether oxygens (including phenoxy) is 2. The lowest BCUT2D eigenvalue weighted by Gasteiger charge is -2.20. The molecule has 1 aromatic heterocycles. The van der Waals surface area contributed by atoms with E-state index in [1.807, 2.05) is 6.26 Å². The van der Waals surface area contributed by atoms with Crippen LogP contribution in [0.5, 0.6) is 0 Å². The molecule has 112 valence electrons. The van der Waals surface area contributed by atoms with E-state index in [0.29, 0.717) is 5.16 Å². The van der Waals surface area contributed by atoms with Gasteiger partial charge in [-0.2, -0.15) is 4.98 Å². The molecule has 2 heterocycles. The van der Waals surface area contributed by atoms with Gasteiger partial charge in [-0.15, -0.1) is 0 Å². The van der Waals surface area contributed by atoms with E-state index in [4.69, 9.17) is 9.47 Å². The van der Waals surface area contributed by atoms with Crippen molar-refractivity contribution in [2.45, 2.75) is 43.2 Å². The molecular formula is C12H18N2O5S. The first-order valence-corrected chi connectivity index (χ1v) is 7.37. The predicted octanol–water partition coefficient (Wildman–Crippen LogP) is -0.633. The molecule has 0 aromatic carbocycles. The highest BCUT2D eigenvalue weighted by Crippen LogP contribution is 2.24. The summed E-state index contributed by atoms with van der Waals surface area (Å²) in [6, 6.07) is 1.42. The Morgan fingerprint density at radius 2 is 2.20 bits per heavy atom. The Morgan fingerprint density at radius 1 is 1.50 bits per heavy atom. The molecular weight excluding hydrogens is 284 g/mol. The van der Waals surface area contributed by atoms with Gasteiger partial charge < -0.3 is 24.3 Å². The summed E-state index contributed by atoms with van der Waals surface area (Å²) in [6.07, 6.45) is -1.79. The molecule has 7 nitrogen and oxygen atoms in total. The molecule has 0 aliphatic carbocycles. The minimum atomic E-state index is -1.09. The third kappa shape index (κ3) is 2.89. The molecule has 1 fully saturated rings. The number of aliphatic hydroxyl groups excluding tert-OH is 2. The van der Waals surface area contributed by atoms with Crippen LogP contribution in [0.25, 0.3) is 0 Å². The number of thioether (sulfide) groups is 1. The Balaban J connectivity index is 2.25. The lowest BCUT2D eigenvalue weighted by atomic mass is 10.1. The van der Waals surface area contributed by atoms with E-state index in [1.165, 1.54) is 24.9 Å². The SMILES string of the molecule is COC1OC(Cn2c(C)cc(=O)nc2SC)C(O)C1O. The van der Waals surface area contributed by atoms with Gasteiger partial charge in [0.1, 0.15) is 18.3 Å². The second-order valence-corrected chi connectivity index (χ2v) is 5.37. The molecule has 0 spiro atoms. The van der Waals surface area contributed by atoms with Crippen LogP contribution in [0.4, 0.5) is 0 Å². The molecule has 4 atom stereocenters. The Kier molecular flexibility index (Phi) is 4.82. The molecule has 0 saturated carbocycles. The van der Waals surface area contributed by atoms with Crippen LogP contribution >= 0.6 is 11.8 Å². The van der Waals surface area contributed by atoms with E-state index in [0.717, 1.165) is 5.69 Å². The first kappa shape index (κ1) is 15.5. The molecule has 1 aromatic rings. The number of nitrogens with zero attached hydrogens (tertiary/aromatic N) is 2. The van der Waals surface area contributed by atoms with Gasteiger partial charge in [0.15, 0.2) is 11.4 Å². The molecule has 1 saturated heterocycles. The standard InChI is InChI=1S/C12H18N2O5S/c1-6-4-8(15)13-12(20-3)14(6)5-7-9(16)10(17)11(18-2)19-7/h4,7,9-11,16-17H,5H2,1-3H3. The molecule has 1 aliphatic rings. The van der Waals surface area contributed by atoms with Gasteiger partial charge in [-0.1, -0.05) is 11.8 Å². The van der Waals surface area contributed by atoms with Crippen LogP contribution in [0.1, 0.15) is 5.69 Å². The molecule has 2 rings (SSSR count). The highest BCUT2D eigenvalue weighted by Gasteiger charge is 2.43. The number of aryl methyl sites for hydroxylation is 1. The van der Waals surface area contributed by atoms with E-state index in [9.17, 15) is 15.0 Å². The van der Waals surface area contributed by atoms with Crippen molar-refractivity contribution in [3.05, 3.63) is 22.1 Å². The fraction of sp³-hybridized carbons (Fsp3) is 0.667. The monoisotopic (exact) mass is 302 g/mol. The second-order valence-electron chi connectivity index (χ2n) is 4.59. The summed E-state index contributed by atoms with van der Waals surface area (Å²) in [6.45, 7) is 2.07. The van der Waals surface area contributed by atoms with Crippen LogP contribution in [-0.2, 0) is 16.0 Å². The lowest BCUT2D eigenvalue weighted by Crippen LogP contribution is -2.35. The Hall–Kier alpha value is -0.930. The van der Waals surface area contributed by atoms with E-state index >= 15 is 0 Å². The van der Waals surface area contributed by atoms with E-state index in [2.05, 4.69) is 4.98 Å². The maximum absolute atomic E-state index is 11.4. The predicted molar refractivity (Wildman–Crippen MR) is 72.7 cm³/mol. The second kappa shape index (κ2) is 6.23. The zero-order chi connectivity index (χ0) is 14.9. The van der Waals surface area contributed by atoms with Crippen LogP contribution in [0.15, 0.2) is 16.0 Å². The van der Waals surface area contributed by atoms with Crippen molar-refractivity contribution in [3.63, 3.8) is 0 Å². The lowest BCUT2D eigenvalue weighted by molar-refractivity contribution is -0.150. The zero-order valence-electron chi connectivity index (χ0n) is 11.5. The molecule has 1 aliphatic heterocycles. The number of aliphatic hydroxyl groups is 2. The van der Waals surface area contributed by atoms with Crippen LogP contribution < -0.4 is 5.56 Å². The molecule has 2 N–H and O–H groups in total. The minimum absolute atomic E-state index is 0.285. The maximum Gasteiger partial charge on any atom is 0.273 e. The van der Waals surface area contributed by atoms with Gasteiger partial charge in [0.25, 0.3) is 5.56 Å². The number of rotatable bonds is 4. The first-order valence-electron chi connectivity index (χ1n) is 6.14. The van der Waals surface area contributed by atoms with E-state index in [-0.39, 0.29) is 12.1 Å². The summed E-state index contributed by atoms with van der Waals surface area (Å²) in [4.78, 5) is 15.3. The number of methoxy groups -OCH3 is 1. The number of hydrogen-bond donors (Lipinski definition) is 2.